The number of rotatable bonds is 12. The summed E-state index contributed by atoms with van der Waals surface area (Å²) in [5.74, 6) is -0.734. The first kappa shape index (κ1) is 41.8. The number of tetrazole rings is 1. The topological polar surface area (TPSA) is 116 Å². The Kier molecular flexibility index (Phi) is 11.7. The average Bonchev–Trinajstić information content (AvgIpc) is 3.59. The van der Waals surface area contributed by atoms with Gasteiger partial charge in [-0.2, -0.15) is 44.3 Å². The van der Waals surface area contributed by atoms with Crippen molar-refractivity contribution >= 4 is 21.5 Å². The smallest absolute Gasteiger partial charge is 0.416 e. The molecule has 0 fully saturated rings. The molecule has 9 nitrogen and oxygen atoms in total. The molecule has 0 amide bonds. The highest BCUT2D eigenvalue weighted by molar-refractivity contribution is 7.91. The molecule has 19 heteroatoms. The molecule has 0 saturated heterocycles. The van der Waals surface area contributed by atoms with Gasteiger partial charge in [0.25, 0.3) is 5.95 Å². The van der Waals surface area contributed by atoms with Gasteiger partial charge in [-0.25, -0.2) is 8.42 Å². The van der Waals surface area contributed by atoms with Crippen LogP contribution in [0, 0.1) is 6.92 Å². The summed E-state index contributed by atoms with van der Waals surface area (Å²) in [4.78, 5) is 1.85. The number of halogens is 9. The van der Waals surface area contributed by atoms with E-state index in [-0.39, 0.29) is 33.8 Å². The van der Waals surface area contributed by atoms with Crippen molar-refractivity contribution < 1.29 is 52.7 Å². The lowest BCUT2D eigenvalue weighted by atomic mass is 9.92. The van der Waals surface area contributed by atoms with Crippen molar-refractivity contribution in [2.24, 2.45) is 0 Å². The number of hydrogen-bond donors (Lipinski definition) is 1. The van der Waals surface area contributed by atoms with Crippen molar-refractivity contribution in [3.63, 3.8) is 0 Å². The second kappa shape index (κ2) is 15.7. The van der Waals surface area contributed by atoms with Crippen molar-refractivity contribution in [3.8, 4) is 16.9 Å². The summed E-state index contributed by atoms with van der Waals surface area (Å²) in [6.07, 6.45) is -15.2. The third-order valence-electron chi connectivity index (χ3n) is 8.88. The fourth-order valence-electron chi connectivity index (χ4n) is 5.81. The molecule has 300 valence electrons. The lowest BCUT2D eigenvalue weighted by Crippen LogP contribution is -2.25. The molecule has 0 aliphatic rings. The van der Waals surface area contributed by atoms with Gasteiger partial charge in [-0.15, -0.1) is 5.10 Å². The number of nitrogens with zero attached hydrogens (tertiary/aromatic N) is 5. The molecular weight excluding hydrogens is 779 g/mol. The number of nitrogen functional groups attached to an aromatic ring is 1. The van der Waals surface area contributed by atoms with E-state index in [2.05, 4.69) is 15.4 Å². The van der Waals surface area contributed by atoms with Crippen molar-refractivity contribution in [2.75, 3.05) is 23.5 Å². The summed E-state index contributed by atoms with van der Waals surface area (Å²) >= 11 is 0. The van der Waals surface area contributed by atoms with Crippen LogP contribution < -0.4 is 15.4 Å². The van der Waals surface area contributed by atoms with Gasteiger partial charge in [-0.05, 0) is 107 Å². The first-order valence-electron chi connectivity index (χ1n) is 16.7. The highest BCUT2D eigenvalue weighted by Gasteiger charge is 2.37. The normalized spacial score (nSPS) is 12.7. The molecule has 0 bridgehead atoms. The standard InChI is InChI=1S/C37H35F9N6O3S/c1-21(2)24-5-10-33(55-4)31(17-24)30-8-6-26(35(38,39)40)16-25(30)20-51(19-23-14-27(36(41,42)43)18-28(15-23)37(44,45)46)34-48-50-52(49-34)11-12-56(53,54)29-7-9-32(47)22(3)13-29/h5-10,13-18,21H,11-12,19-20,47H2,1-4H3. The number of nitrogens with two attached hydrogens (primary N) is 1. The van der Waals surface area contributed by atoms with E-state index in [0.29, 0.717) is 28.9 Å². The Morgan fingerprint density at radius 2 is 1.43 bits per heavy atom. The van der Waals surface area contributed by atoms with Gasteiger partial charge in [0, 0.05) is 24.3 Å². The van der Waals surface area contributed by atoms with Gasteiger partial charge in [0.15, 0.2) is 9.84 Å². The monoisotopic (exact) mass is 814 g/mol. The molecule has 5 rings (SSSR count). The van der Waals surface area contributed by atoms with E-state index in [1.54, 1.807) is 25.1 Å². The zero-order chi connectivity index (χ0) is 41.4. The quantitative estimate of drug-likeness (QED) is 0.0980. The molecule has 0 aliphatic carbocycles. The lowest BCUT2D eigenvalue weighted by Gasteiger charge is -2.25. The number of aromatic nitrogens is 4. The Labute approximate surface area is 315 Å². The predicted molar refractivity (Wildman–Crippen MR) is 189 cm³/mol. The van der Waals surface area contributed by atoms with Crippen molar-refractivity contribution in [3.05, 3.63) is 112 Å². The first-order chi connectivity index (χ1) is 26.0. The van der Waals surface area contributed by atoms with Gasteiger partial charge in [0.2, 0.25) is 0 Å². The lowest BCUT2D eigenvalue weighted by molar-refractivity contribution is -0.143. The number of hydrogen-bond acceptors (Lipinski definition) is 8. The number of alkyl halides is 9. The minimum atomic E-state index is -5.19. The van der Waals surface area contributed by atoms with E-state index in [0.717, 1.165) is 27.4 Å². The molecule has 0 aliphatic heterocycles. The molecule has 0 spiro atoms. The van der Waals surface area contributed by atoms with Crippen LogP contribution in [0.3, 0.4) is 0 Å². The molecule has 1 heterocycles. The molecule has 0 saturated carbocycles. The Morgan fingerprint density at radius 1 is 0.786 bits per heavy atom. The number of ether oxygens (including phenoxy) is 1. The van der Waals surface area contributed by atoms with Crippen LogP contribution in [0.25, 0.3) is 11.1 Å². The molecule has 4 aromatic carbocycles. The number of benzene rings is 4. The van der Waals surface area contributed by atoms with Crippen LogP contribution in [-0.2, 0) is 48.0 Å². The summed E-state index contributed by atoms with van der Waals surface area (Å²) in [7, 11) is -2.59. The predicted octanol–water partition coefficient (Wildman–Crippen LogP) is 9.10. The minimum absolute atomic E-state index is 0.0232. The highest BCUT2D eigenvalue weighted by Crippen LogP contribution is 2.40. The Bertz CT molecular complexity index is 2290. The zero-order valence-electron chi connectivity index (χ0n) is 30.2. The van der Waals surface area contributed by atoms with Gasteiger partial charge in [0.1, 0.15) is 5.75 Å². The van der Waals surface area contributed by atoms with Crippen LogP contribution in [0.1, 0.15) is 58.7 Å². The van der Waals surface area contributed by atoms with Gasteiger partial charge < -0.3 is 15.4 Å². The fraction of sp³-hybridized carbons (Fsp3) is 0.324. The largest absolute Gasteiger partial charge is 0.496 e. The summed E-state index contributed by atoms with van der Waals surface area (Å²) in [6, 6.07) is 12.9. The first-order valence-corrected chi connectivity index (χ1v) is 18.4. The van der Waals surface area contributed by atoms with Crippen molar-refractivity contribution in [2.45, 2.75) is 69.7 Å². The second-order valence-electron chi connectivity index (χ2n) is 13.3. The Morgan fingerprint density at radius 3 is 2.00 bits per heavy atom. The molecule has 5 aromatic rings. The maximum absolute atomic E-state index is 14.1. The molecule has 0 atom stereocenters. The number of methoxy groups -OCH3 is 1. The maximum atomic E-state index is 14.1. The maximum Gasteiger partial charge on any atom is 0.416 e. The van der Waals surface area contributed by atoms with E-state index in [1.165, 1.54) is 31.4 Å². The number of sulfone groups is 1. The van der Waals surface area contributed by atoms with Gasteiger partial charge in [0.05, 0.1) is 41.0 Å². The Hall–Kier alpha value is -5.33. The van der Waals surface area contributed by atoms with Gasteiger partial charge in [-0.3, -0.25) is 0 Å². The molecule has 56 heavy (non-hydrogen) atoms. The minimum Gasteiger partial charge on any atom is -0.496 e. The van der Waals surface area contributed by atoms with Crippen LogP contribution in [0.5, 0.6) is 5.75 Å². The average molecular weight is 815 g/mol. The van der Waals surface area contributed by atoms with E-state index in [4.69, 9.17) is 10.5 Å². The molecular formula is C37H35F9N6O3S. The van der Waals surface area contributed by atoms with E-state index >= 15 is 0 Å². The fourth-order valence-corrected chi connectivity index (χ4v) is 7.08. The van der Waals surface area contributed by atoms with Crippen LogP contribution >= 0.6 is 0 Å². The third kappa shape index (κ3) is 9.72. The van der Waals surface area contributed by atoms with E-state index in [1.807, 2.05) is 13.8 Å². The summed E-state index contributed by atoms with van der Waals surface area (Å²) in [6.45, 7) is 3.62. The Balaban J connectivity index is 1.63. The van der Waals surface area contributed by atoms with E-state index < -0.39 is 82.0 Å². The van der Waals surface area contributed by atoms with Crippen LogP contribution in [-0.4, -0.2) is 41.5 Å². The van der Waals surface area contributed by atoms with Crippen molar-refractivity contribution in [1.82, 2.24) is 20.2 Å². The molecule has 1 aromatic heterocycles. The SMILES string of the molecule is COc1ccc(C(C)C)cc1-c1ccc(C(F)(F)F)cc1CN(Cc1cc(C(F)(F)F)cc(C(F)(F)F)c1)c1nnn(CCS(=O)(=O)c2ccc(N)c(C)c2)n1. The molecule has 0 radical (unpaired) electrons. The molecule has 2 N–H and O–H groups in total. The zero-order valence-corrected chi connectivity index (χ0v) is 31.0. The van der Waals surface area contributed by atoms with E-state index in [9.17, 15) is 47.9 Å². The van der Waals surface area contributed by atoms with Crippen LogP contribution in [0.4, 0.5) is 51.1 Å². The number of aryl methyl sites for hydroxylation is 2. The highest BCUT2D eigenvalue weighted by atomic mass is 32.2. The van der Waals surface area contributed by atoms with Crippen molar-refractivity contribution in [1.29, 1.82) is 0 Å². The van der Waals surface area contributed by atoms with Crippen LogP contribution in [0.15, 0.2) is 77.7 Å². The summed E-state index contributed by atoms with van der Waals surface area (Å²) < 4.78 is 157. The molecule has 0 unspecified atom stereocenters. The van der Waals surface area contributed by atoms with Crippen LogP contribution in [0.2, 0.25) is 0 Å². The summed E-state index contributed by atoms with van der Waals surface area (Å²) in [5, 5.41) is 11.9. The number of anilines is 2. The second-order valence-corrected chi connectivity index (χ2v) is 15.4. The third-order valence-corrected chi connectivity index (χ3v) is 10.6. The summed E-state index contributed by atoms with van der Waals surface area (Å²) in [5.41, 5.74) is 3.12. The van der Waals surface area contributed by atoms with Gasteiger partial charge in [-0.1, -0.05) is 31.1 Å². The van der Waals surface area contributed by atoms with Gasteiger partial charge >= 0.3 is 18.5 Å².